The Hall–Kier alpha value is -1.68. The zero-order chi connectivity index (χ0) is 15.8. The van der Waals surface area contributed by atoms with Crippen molar-refractivity contribution in [2.45, 2.75) is 46.1 Å². The van der Waals surface area contributed by atoms with E-state index < -0.39 is 0 Å². The molecule has 4 heteroatoms. The van der Waals surface area contributed by atoms with Crippen LogP contribution in [0.25, 0.3) is 11.3 Å². The molecule has 3 nitrogen and oxygen atoms in total. The third kappa shape index (κ3) is 3.32. The third-order valence-electron chi connectivity index (χ3n) is 3.52. The summed E-state index contributed by atoms with van der Waals surface area (Å²) in [5.74, 6) is 0.515. The van der Waals surface area contributed by atoms with E-state index >= 15 is 0 Å². The van der Waals surface area contributed by atoms with Crippen molar-refractivity contribution in [3.63, 3.8) is 0 Å². The van der Waals surface area contributed by atoms with Gasteiger partial charge in [0.05, 0.1) is 11.1 Å². The van der Waals surface area contributed by atoms with Crippen LogP contribution in [0.1, 0.15) is 51.7 Å². The summed E-state index contributed by atoms with van der Waals surface area (Å²) in [5.41, 5.74) is 9.81. The minimum absolute atomic E-state index is 0.102. The second-order valence-corrected chi connectivity index (χ2v) is 7.09. The Morgan fingerprint density at radius 1 is 1.19 bits per heavy atom. The van der Waals surface area contributed by atoms with Crippen molar-refractivity contribution >= 4 is 17.2 Å². The molecule has 2 rings (SSSR count). The minimum atomic E-state index is -0.102. The van der Waals surface area contributed by atoms with Gasteiger partial charge in [0.2, 0.25) is 0 Å². The molecule has 0 saturated heterocycles. The fourth-order valence-electron chi connectivity index (χ4n) is 2.14. The number of nitrogens with two attached hydrogens (primary N) is 1. The van der Waals surface area contributed by atoms with Gasteiger partial charge < -0.3 is 5.73 Å². The summed E-state index contributed by atoms with van der Waals surface area (Å²) in [6.07, 6.45) is 1.94. The van der Waals surface area contributed by atoms with Crippen molar-refractivity contribution in [3.8, 4) is 11.3 Å². The molecule has 1 aromatic heterocycles. The SMILES string of the molecule is CC(C)c1ccc(-c2nn(C(C)(C)C)cc2C(N)=S)cc1. The Morgan fingerprint density at radius 3 is 2.19 bits per heavy atom. The number of hydrogen-bond acceptors (Lipinski definition) is 2. The van der Waals surface area contributed by atoms with Crippen molar-refractivity contribution < 1.29 is 0 Å². The number of benzene rings is 1. The second-order valence-electron chi connectivity index (χ2n) is 6.65. The van der Waals surface area contributed by atoms with Crippen LogP contribution in [0, 0.1) is 0 Å². The average Bonchev–Trinajstić information content (AvgIpc) is 2.83. The molecule has 0 fully saturated rings. The summed E-state index contributed by atoms with van der Waals surface area (Å²) in [6, 6.07) is 8.46. The topological polar surface area (TPSA) is 43.8 Å². The Balaban J connectivity index is 2.52. The van der Waals surface area contributed by atoms with Crippen LogP contribution in [0.3, 0.4) is 0 Å². The van der Waals surface area contributed by atoms with E-state index in [0.29, 0.717) is 10.9 Å². The number of thiocarbonyl (C=S) groups is 1. The van der Waals surface area contributed by atoms with Gasteiger partial charge in [-0.25, -0.2) is 0 Å². The van der Waals surface area contributed by atoms with E-state index in [1.807, 2.05) is 10.9 Å². The van der Waals surface area contributed by atoms with Gasteiger partial charge in [-0.05, 0) is 32.3 Å². The molecule has 0 radical (unpaired) electrons. The molecule has 0 aliphatic carbocycles. The molecule has 0 spiro atoms. The standard InChI is InChI=1S/C17H23N3S/c1-11(2)12-6-8-13(9-7-12)15-14(16(18)21)10-20(19-15)17(3,4)5/h6-11H,1-5H3,(H2,18,21). The van der Waals surface area contributed by atoms with Crippen molar-refractivity contribution in [2.24, 2.45) is 5.73 Å². The van der Waals surface area contributed by atoms with Crippen molar-refractivity contribution in [1.82, 2.24) is 9.78 Å². The van der Waals surface area contributed by atoms with Crippen LogP contribution in [0.15, 0.2) is 30.5 Å². The maximum atomic E-state index is 5.86. The molecule has 0 saturated carbocycles. The molecule has 2 aromatic rings. The zero-order valence-corrected chi connectivity index (χ0v) is 14.2. The highest BCUT2D eigenvalue weighted by Crippen LogP contribution is 2.26. The Bertz CT molecular complexity index is 646. The van der Waals surface area contributed by atoms with E-state index in [1.54, 1.807) is 0 Å². The highest BCUT2D eigenvalue weighted by Gasteiger charge is 2.20. The van der Waals surface area contributed by atoms with Gasteiger partial charge in [-0.3, -0.25) is 4.68 Å². The van der Waals surface area contributed by atoms with Crippen LogP contribution < -0.4 is 5.73 Å². The second kappa shape index (κ2) is 5.60. The number of hydrogen-bond donors (Lipinski definition) is 1. The number of nitrogens with zero attached hydrogens (tertiary/aromatic N) is 2. The van der Waals surface area contributed by atoms with Gasteiger partial charge in [-0.15, -0.1) is 0 Å². The van der Waals surface area contributed by atoms with E-state index in [1.165, 1.54) is 5.56 Å². The summed E-state index contributed by atoms with van der Waals surface area (Å²) >= 11 is 5.18. The lowest BCUT2D eigenvalue weighted by atomic mass is 10.00. The smallest absolute Gasteiger partial charge is 0.107 e. The average molecular weight is 301 g/mol. The molecule has 0 unspecified atom stereocenters. The van der Waals surface area contributed by atoms with Crippen LogP contribution in [0.5, 0.6) is 0 Å². The highest BCUT2D eigenvalue weighted by atomic mass is 32.1. The van der Waals surface area contributed by atoms with E-state index in [9.17, 15) is 0 Å². The first-order valence-corrected chi connectivity index (χ1v) is 7.61. The molecule has 0 aliphatic rings. The van der Waals surface area contributed by atoms with E-state index in [2.05, 4.69) is 58.9 Å². The fourth-order valence-corrected chi connectivity index (χ4v) is 2.29. The minimum Gasteiger partial charge on any atom is -0.389 e. The molecule has 112 valence electrons. The van der Waals surface area contributed by atoms with Crippen LogP contribution >= 0.6 is 12.2 Å². The van der Waals surface area contributed by atoms with Gasteiger partial charge in [0, 0.05) is 11.8 Å². The first-order valence-electron chi connectivity index (χ1n) is 7.20. The van der Waals surface area contributed by atoms with E-state index in [0.717, 1.165) is 16.8 Å². The molecular weight excluding hydrogens is 278 g/mol. The first-order chi connectivity index (χ1) is 9.70. The largest absolute Gasteiger partial charge is 0.389 e. The molecule has 1 aromatic carbocycles. The van der Waals surface area contributed by atoms with Crippen molar-refractivity contribution in [1.29, 1.82) is 0 Å². The summed E-state index contributed by atoms with van der Waals surface area (Å²) in [4.78, 5) is 0.383. The molecule has 0 amide bonds. The quantitative estimate of drug-likeness (QED) is 0.869. The Kier molecular flexibility index (Phi) is 4.19. The Morgan fingerprint density at radius 2 is 1.76 bits per heavy atom. The van der Waals surface area contributed by atoms with Gasteiger partial charge >= 0.3 is 0 Å². The fraction of sp³-hybridized carbons (Fsp3) is 0.412. The van der Waals surface area contributed by atoms with Crippen LogP contribution in [-0.4, -0.2) is 14.8 Å². The van der Waals surface area contributed by atoms with Crippen molar-refractivity contribution in [2.75, 3.05) is 0 Å². The third-order valence-corrected chi connectivity index (χ3v) is 3.74. The predicted molar refractivity (Wildman–Crippen MR) is 92.6 cm³/mol. The molecule has 0 bridgehead atoms. The zero-order valence-electron chi connectivity index (χ0n) is 13.3. The maximum Gasteiger partial charge on any atom is 0.107 e. The molecule has 21 heavy (non-hydrogen) atoms. The van der Waals surface area contributed by atoms with Gasteiger partial charge in [0.25, 0.3) is 0 Å². The molecule has 1 heterocycles. The van der Waals surface area contributed by atoms with Gasteiger partial charge in [0.1, 0.15) is 10.7 Å². The summed E-state index contributed by atoms with van der Waals surface area (Å²) < 4.78 is 1.92. The molecule has 2 N–H and O–H groups in total. The van der Waals surface area contributed by atoms with E-state index in [4.69, 9.17) is 23.1 Å². The van der Waals surface area contributed by atoms with Crippen LogP contribution in [0.2, 0.25) is 0 Å². The number of aromatic nitrogens is 2. The van der Waals surface area contributed by atoms with Gasteiger partial charge in [-0.2, -0.15) is 5.10 Å². The normalized spacial score (nSPS) is 11.9. The highest BCUT2D eigenvalue weighted by molar-refractivity contribution is 7.80. The lowest BCUT2D eigenvalue weighted by molar-refractivity contribution is 0.356. The summed E-state index contributed by atoms with van der Waals surface area (Å²) in [6.45, 7) is 10.7. The summed E-state index contributed by atoms with van der Waals surface area (Å²) in [5, 5.41) is 4.70. The lowest BCUT2D eigenvalue weighted by Crippen LogP contribution is -2.22. The first kappa shape index (κ1) is 15.7. The van der Waals surface area contributed by atoms with Crippen LogP contribution in [0.4, 0.5) is 0 Å². The van der Waals surface area contributed by atoms with E-state index in [-0.39, 0.29) is 5.54 Å². The summed E-state index contributed by atoms with van der Waals surface area (Å²) in [7, 11) is 0. The Labute approximate surface area is 132 Å². The number of rotatable bonds is 3. The molecular formula is C17H23N3S. The maximum absolute atomic E-state index is 5.86. The van der Waals surface area contributed by atoms with Gasteiger partial charge in [-0.1, -0.05) is 50.3 Å². The molecule has 0 aliphatic heterocycles. The van der Waals surface area contributed by atoms with Crippen LogP contribution in [-0.2, 0) is 5.54 Å². The monoisotopic (exact) mass is 301 g/mol. The molecule has 0 atom stereocenters. The predicted octanol–water partition coefficient (Wildman–Crippen LogP) is 4.06. The lowest BCUT2D eigenvalue weighted by Gasteiger charge is -2.18. The van der Waals surface area contributed by atoms with Crippen molar-refractivity contribution in [3.05, 3.63) is 41.6 Å². The van der Waals surface area contributed by atoms with Gasteiger partial charge in [0.15, 0.2) is 0 Å².